The molecule has 56 valence electrons. The Labute approximate surface area is 61.8 Å². The third kappa shape index (κ3) is 2.06. The first-order chi connectivity index (χ1) is 5.18. The molecular weight excluding hydrogens is 128 g/mol. The van der Waals surface area contributed by atoms with Crippen LogP contribution in [0.1, 0.15) is 17.5 Å². The molecule has 0 unspecified atom stereocenters. The molecule has 0 aliphatic carbocycles. The Balaban J connectivity index is 0.000000461. The van der Waals surface area contributed by atoms with Crippen LogP contribution in [0, 0.1) is 20.8 Å². The van der Waals surface area contributed by atoms with Gasteiger partial charge >= 0.3 is 0 Å². The van der Waals surface area contributed by atoms with Crippen molar-refractivity contribution in [3.63, 3.8) is 0 Å². The second kappa shape index (κ2) is 3.22. The first-order valence-corrected chi connectivity index (χ1v) is 2.84. The zero-order valence-corrected chi connectivity index (χ0v) is 6.42. The van der Waals surface area contributed by atoms with Crippen molar-refractivity contribution in [3.8, 4) is 0 Å². The van der Waals surface area contributed by atoms with Crippen LogP contribution in [0.5, 0.6) is 0 Å². The second-order valence-corrected chi connectivity index (χ2v) is 1.98. The summed E-state index contributed by atoms with van der Waals surface area (Å²) in [4.78, 5) is 12.0. The molecule has 0 amide bonds. The van der Waals surface area contributed by atoms with Gasteiger partial charge in [-0.1, -0.05) is 0 Å². The summed E-state index contributed by atoms with van der Waals surface area (Å²) < 4.78 is 5.25. The van der Waals surface area contributed by atoms with Gasteiger partial charge in [-0.05, 0) is 20.8 Å². The molecule has 1 heterocycles. The van der Waals surface area contributed by atoms with E-state index in [0.29, 0.717) is 0 Å². The van der Waals surface area contributed by atoms with Crippen LogP contribution in [-0.2, 0) is 0 Å². The van der Waals surface area contributed by atoms with Crippen LogP contribution in [0.25, 0.3) is 0 Å². The van der Waals surface area contributed by atoms with Gasteiger partial charge in [0.25, 0.3) is 0 Å². The van der Waals surface area contributed by atoms with E-state index in [0.717, 1.165) is 17.5 Å². The molecule has 0 atom stereocenters. The normalized spacial score (nSPS) is 9.40. The average molecular weight is 141 g/mol. The number of aryl methyl sites for hydroxylation is 3. The average Bonchev–Trinajstić information content (AvgIpc) is 1.88. The summed E-state index contributed by atoms with van der Waals surface area (Å²) in [7, 11) is 0. The highest BCUT2D eigenvalue weighted by molar-refractivity contribution is 4.91. The van der Waals surface area contributed by atoms with Crippen molar-refractivity contribution in [3.05, 3.63) is 17.5 Å². The SMILES string of the molecule is Cc1nc(C)nc(C)n1.[2H]N. The molecule has 1 rings (SSSR count). The molecule has 0 spiro atoms. The van der Waals surface area contributed by atoms with Crippen LogP contribution in [-0.4, -0.2) is 15.0 Å². The fourth-order valence-electron chi connectivity index (χ4n) is 0.777. The van der Waals surface area contributed by atoms with Gasteiger partial charge in [0.1, 0.15) is 18.9 Å². The topological polar surface area (TPSA) is 73.7 Å². The molecule has 0 radical (unpaired) electrons. The highest BCUT2D eigenvalue weighted by atomic mass is 15.0. The fourth-order valence-corrected chi connectivity index (χ4v) is 0.777. The summed E-state index contributed by atoms with van der Waals surface area (Å²) in [5.41, 5.74) is 0. The van der Waals surface area contributed by atoms with E-state index in [1.165, 1.54) is 0 Å². The van der Waals surface area contributed by atoms with E-state index in [2.05, 4.69) is 21.1 Å². The molecule has 0 bridgehead atoms. The standard InChI is InChI=1S/C6H9N3.H3N/c1-4-7-5(2)9-6(3)8-4;/h1-3H3;1H3/i/hD. The Morgan fingerprint density at radius 1 is 0.900 bits per heavy atom. The van der Waals surface area contributed by atoms with Gasteiger partial charge in [0.15, 0.2) is 0 Å². The first-order valence-electron chi connectivity index (χ1n) is 3.42. The van der Waals surface area contributed by atoms with E-state index in [1.54, 1.807) is 0 Å². The molecule has 0 fully saturated rings. The lowest BCUT2D eigenvalue weighted by Gasteiger charge is -1.94. The summed E-state index contributed by atoms with van der Waals surface area (Å²) in [6.07, 6.45) is 3.75. The van der Waals surface area contributed by atoms with E-state index in [9.17, 15) is 0 Å². The molecule has 0 aliphatic heterocycles. The maximum atomic E-state index is 5.25. The summed E-state index contributed by atoms with van der Waals surface area (Å²) in [6, 6.07) is 0. The van der Waals surface area contributed by atoms with Crippen LogP contribution in [0.2, 0.25) is 1.41 Å². The van der Waals surface area contributed by atoms with Crippen LogP contribution >= 0.6 is 0 Å². The summed E-state index contributed by atoms with van der Waals surface area (Å²) in [5, 5.41) is 0. The van der Waals surface area contributed by atoms with Gasteiger partial charge < -0.3 is 6.14 Å². The van der Waals surface area contributed by atoms with E-state index in [4.69, 9.17) is 1.41 Å². The van der Waals surface area contributed by atoms with Crippen LogP contribution < -0.4 is 6.14 Å². The quantitative estimate of drug-likeness (QED) is 0.584. The van der Waals surface area contributed by atoms with Crippen LogP contribution in [0.4, 0.5) is 0 Å². The minimum absolute atomic E-state index is 0.792. The van der Waals surface area contributed by atoms with Gasteiger partial charge in [-0.2, -0.15) is 0 Å². The highest BCUT2D eigenvalue weighted by Gasteiger charge is 1.91. The lowest BCUT2D eigenvalue weighted by Crippen LogP contribution is -1.97. The van der Waals surface area contributed by atoms with Crippen molar-refractivity contribution >= 4 is 0 Å². The largest absolute Gasteiger partial charge is 0.344 e. The van der Waals surface area contributed by atoms with E-state index in [1.807, 2.05) is 20.8 Å². The van der Waals surface area contributed by atoms with Gasteiger partial charge in [-0.3, -0.25) is 0 Å². The molecule has 4 heteroatoms. The zero-order valence-electron chi connectivity index (χ0n) is 7.42. The van der Waals surface area contributed by atoms with Gasteiger partial charge in [0.05, 0.1) is 0 Å². The lowest BCUT2D eigenvalue weighted by atomic mass is 10.6. The highest BCUT2D eigenvalue weighted by Crippen LogP contribution is 1.90. The summed E-state index contributed by atoms with van der Waals surface area (Å²) in [5.74, 6) is 2.38. The number of rotatable bonds is 0. The van der Waals surface area contributed by atoms with Gasteiger partial charge in [-0.15, -0.1) is 0 Å². The second-order valence-electron chi connectivity index (χ2n) is 1.98. The minimum Gasteiger partial charge on any atom is -0.344 e. The Hall–Kier alpha value is -1.03. The molecule has 0 saturated carbocycles. The molecule has 0 saturated heterocycles. The molecule has 1 aromatic rings. The predicted molar refractivity (Wildman–Crippen MR) is 39.1 cm³/mol. The van der Waals surface area contributed by atoms with Crippen molar-refractivity contribution < 1.29 is 1.41 Å². The van der Waals surface area contributed by atoms with Crippen LogP contribution in [0.3, 0.4) is 0 Å². The van der Waals surface area contributed by atoms with Gasteiger partial charge in [0, 0.05) is 0 Å². The van der Waals surface area contributed by atoms with Crippen molar-refractivity contribution in [2.24, 2.45) is 0 Å². The van der Waals surface area contributed by atoms with Gasteiger partial charge in [-0.25, -0.2) is 15.0 Å². The zero-order chi connectivity index (χ0) is 8.85. The molecule has 3 N–H and O–H groups in total. The molecule has 4 nitrogen and oxygen atoms in total. The van der Waals surface area contributed by atoms with E-state index >= 15 is 0 Å². The maximum Gasteiger partial charge on any atom is 0.129 e. The van der Waals surface area contributed by atoms with Crippen molar-refractivity contribution in [2.45, 2.75) is 20.8 Å². The fraction of sp³-hybridized carbons (Fsp3) is 0.500. The third-order valence-electron chi connectivity index (χ3n) is 0.971. The smallest absolute Gasteiger partial charge is 0.129 e. The predicted octanol–water partition coefficient (Wildman–Crippen LogP) is 0.959. The maximum absolute atomic E-state index is 5.25. The van der Waals surface area contributed by atoms with Crippen molar-refractivity contribution in [2.75, 3.05) is 0 Å². The molecule has 1 aromatic heterocycles. The summed E-state index contributed by atoms with van der Waals surface area (Å²) in [6.45, 7) is 5.59. The first kappa shape index (κ1) is 7.08. The molecule has 0 aromatic carbocycles. The monoisotopic (exact) mass is 141 g/mol. The molecular formula is C6H12N4. The lowest BCUT2D eigenvalue weighted by molar-refractivity contribution is 0.875. The van der Waals surface area contributed by atoms with E-state index in [-0.39, 0.29) is 0 Å². The van der Waals surface area contributed by atoms with E-state index < -0.39 is 0 Å². The number of nitrogens with zero attached hydrogens (tertiary/aromatic N) is 3. The number of aromatic nitrogens is 3. The van der Waals surface area contributed by atoms with Crippen molar-refractivity contribution in [1.82, 2.24) is 21.1 Å². The van der Waals surface area contributed by atoms with Crippen molar-refractivity contribution in [1.29, 1.82) is 0 Å². The minimum atomic E-state index is 0.792. The Morgan fingerprint density at radius 2 is 1.10 bits per heavy atom. The Bertz CT molecular complexity index is 175. The number of hydrogen-bond acceptors (Lipinski definition) is 4. The Kier molecular flexibility index (Phi) is 2.28. The number of hydrogen-bond donors (Lipinski definition) is 1. The van der Waals surface area contributed by atoms with Crippen LogP contribution in [0.15, 0.2) is 0 Å². The summed E-state index contributed by atoms with van der Waals surface area (Å²) >= 11 is 0. The Morgan fingerprint density at radius 3 is 1.30 bits per heavy atom. The molecule has 0 aliphatic rings. The third-order valence-corrected chi connectivity index (χ3v) is 0.971. The van der Waals surface area contributed by atoms with Gasteiger partial charge in [0.2, 0.25) is 0 Å². The molecule has 10 heavy (non-hydrogen) atoms.